The van der Waals surface area contributed by atoms with Crippen molar-refractivity contribution in [3.8, 4) is 11.5 Å². The molecule has 136 valence electrons. The lowest BCUT2D eigenvalue weighted by Crippen LogP contribution is -2.28. The second kappa shape index (κ2) is 6.91. The van der Waals surface area contributed by atoms with Crippen LogP contribution in [0.4, 0.5) is 5.82 Å². The first-order chi connectivity index (χ1) is 12.4. The highest BCUT2D eigenvalue weighted by Gasteiger charge is 2.13. The van der Waals surface area contributed by atoms with Crippen LogP contribution in [0.25, 0.3) is 10.9 Å². The van der Waals surface area contributed by atoms with E-state index in [9.17, 15) is 9.59 Å². The summed E-state index contributed by atoms with van der Waals surface area (Å²) in [6, 6.07) is 8.34. The molecule has 0 aliphatic carbocycles. The Labute approximate surface area is 149 Å². The summed E-state index contributed by atoms with van der Waals surface area (Å²) in [6.07, 6.45) is 0. The van der Waals surface area contributed by atoms with E-state index >= 15 is 0 Å². The molecule has 0 atom stereocenters. The summed E-state index contributed by atoms with van der Waals surface area (Å²) >= 11 is 0. The van der Waals surface area contributed by atoms with Crippen LogP contribution >= 0.6 is 0 Å². The maximum Gasteiger partial charge on any atom is 0.251 e. The van der Waals surface area contributed by atoms with Crippen LogP contribution in [-0.4, -0.2) is 34.5 Å². The average molecular weight is 356 g/mol. The molecule has 0 spiro atoms. The van der Waals surface area contributed by atoms with Crippen molar-refractivity contribution in [1.29, 1.82) is 0 Å². The molecule has 1 aromatic carbocycles. The molecule has 0 unspecified atom stereocenters. The first-order valence-electron chi connectivity index (χ1n) is 7.99. The molecule has 2 aromatic heterocycles. The fourth-order valence-electron chi connectivity index (χ4n) is 2.84. The number of ether oxygens (including phenoxy) is 2. The van der Waals surface area contributed by atoms with Crippen molar-refractivity contribution in [3.05, 3.63) is 46.4 Å². The largest absolute Gasteiger partial charge is 0.493 e. The molecule has 0 radical (unpaired) electrons. The van der Waals surface area contributed by atoms with Crippen LogP contribution in [0.3, 0.4) is 0 Å². The zero-order chi connectivity index (χ0) is 18.8. The van der Waals surface area contributed by atoms with Gasteiger partial charge in [-0.2, -0.15) is 5.10 Å². The number of hydrogen-bond donors (Lipinski definition) is 1. The van der Waals surface area contributed by atoms with Gasteiger partial charge in [0.2, 0.25) is 5.91 Å². The van der Waals surface area contributed by atoms with E-state index in [0.29, 0.717) is 22.8 Å². The molecule has 0 aliphatic rings. The standard InChI is InChI=1S/C18H20N4O4/c1-11-7-16(21(2)20-11)19-17(23)10-22-13-9-15(26-4)14(25-3)8-12(13)5-6-18(22)24/h5-9H,10H2,1-4H3,(H,19,23). The number of fused-ring (bicyclic) bond motifs is 1. The summed E-state index contributed by atoms with van der Waals surface area (Å²) in [5.41, 5.74) is 1.11. The second-order valence-electron chi connectivity index (χ2n) is 5.87. The predicted octanol–water partition coefficient (Wildman–Crippen LogP) is 1.70. The van der Waals surface area contributed by atoms with E-state index in [4.69, 9.17) is 9.47 Å². The van der Waals surface area contributed by atoms with Gasteiger partial charge in [0.25, 0.3) is 5.56 Å². The third kappa shape index (κ3) is 3.26. The SMILES string of the molecule is COc1cc2ccc(=O)n(CC(=O)Nc3cc(C)nn3C)c2cc1OC. The summed E-state index contributed by atoms with van der Waals surface area (Å²) in [4.78, 5) is 24.8. The minimum atomic E-state index is -0.322. The van der Waals surface area contributed by atoms with E-state index in [-0.39, 0.29) is 18.0 Å². The van der Waals surface area contributed by atoms with Gasteiger partial charge < -0.3 is 14.8 Å². The van der Waals surface area contributed by atoms with Crippen LogP contribution < -0.4 is 20.3 Å². The van der Waals surface area contributed by atoms with Gasteiger partial charge in [0.1, 0.15) is 12.4 Å². The number of aromatic nitrogens is 3. The minimum absolute atomic E-state index is 0.129. The number of pyridine rings is 1. The number of hydrogen-bond acceptors (Lipinski definition) is 5. The fourth-order valence-corrected chi connectivity index (χ4v) is 2.84. The van der Waals surface area contributed by atoms with Gasteiger partial charge in [-0.25, -0.2) is 0 Å². The first-order valence-corrected chi connectivity index (χ1v) is 7.99. The third-order valence-electron chi connectivity index (χ3n) is 4.07. The molecule has 1 N–H and O–H groups in total. The number of anilines is 1. The summed E-state index contributed by atoms with van der Waals surface area (Å²) < 4.78 is 13.6. The predicted molar refractivity (Wildman–Crippen MR) is 97.9 cm³/mol. The van der Waals surface area contributed by atoms with E-state index in [1.165, 1.54) is 17.7 Å². The summed E-state index contributed by atoms with van der Waals surface area (Å²) in [7, 11) is 4.80. The normalized spacial score (nSPS) is 10.8. The Bertz CT molecular complexity index is 1040. The zero-order valence-corrected chi connectivity index (χ0v) is 15.1. The Hall–Kier alpha value is -3.29. The lowest BCUT2D eigenvalue weighted by molar-refractivity contribution is -0.116. The van der Waals surface area contributed by atoms with Gasteiger partial charge in [-0.3, -0.25) is 18.8 Å². The topological polar surface area (TPSA) is 87.4 Å². The molecule has 0 saturated heterocycles. The minimum Gasteiger partial charge on any atom is -0.493 e. The van der Waals surface area contributed by atoms with Crippen LogP contribution in [0.5, 0.6) is 11.5 Å². The fraction of sp³-hybridized carbons (Fsp3) is 0.278. The van der Waals surface area contributed by atoms with Crippen molar-refractivity contribution in [2.24, 2.45) is 7.05 Å². The summed E-state index contributed by atoms with van der Waals surface area (Å²) in [6.45, 7) is 1.71. The van der Waals surface area contributed by atoms with Gasteiger partial charge in [0, 0.05) is 30.6 Å². The molecule has 0 bridgehead atoms. The highest BCUT2D eigenvalue weighted by atomic mass is 16.5. The van der Waals surface area contributed by atoms with Gasteiger partial charge in [-0.1, -0.05) is 0 Å². The molecule has 2 heterocycles. The molecule has 0 saturated carbocycles. The van der Waals surface area contributed by atoms with Crippen molar-refractivity contribution >= 4 is 22.6 Å². The number of benzene rings is 1. The molecule has 1 amide bonds. The Morgan fingerprint density at radius 1 is 1.15 bits per heavy atom. The van der Waals surface area contributed by atoms with Crippen LogP contribution in [0.15, 0.2) is 35.1 Å². The smallest absolute Gasteiger partial charge is 0.251 e. The lowest BCUT2D eigenvalue weighted by Gasteiger charge is -2.14. The molecular formula is C18H20N4O4. The van der Waals surface area contributed by atoms with Crippen LogP contribution in [0, 0.1) is 6.92 Å². The number of nitrogens with one attached hydrogen (secondary N) is 1. The van der Waals surface area contributed by atoms with E-state index in [0.717, 1.165) is 11.1 Å². The molecular weight excluding hydrogens is 336 g/mol. The zero-order valence-electron chi connectivity index (χ0n) is 15.1. The monoisotopic (exact) mass is 356 g/mol. The highest BCUT2D eigenvalue weighted by Crippen LogP contribution is 2.31. The van der Waals surface area contributed by atoms with Gasteiger partial charge in [-0.15, -0.1) is 0 Å². The van der Waals surface area contributed by atoms with Crippen LogP contribution in [0.2, 0.25) is 0 Å². The average Bonchev–Trinajstić information content (AvgIpc) is 2.93. The lowest BCUT2D eigenvalue weighted by atomic mass is 10.2. The van der Waals surface area contributed by atoms with Crippen molar-refractivity contribution in [3.63, 3.8) is 0 Å². The van der Waals surface area contributed by atoms with Gasteiger partial charge in [0.05, 0.1) is 25.4 Å². The Kier molecular flexibility index (Phi) is 4.66. The maximum absolute atomic E-state index is 12.4. The second-order valence-corrected chi connectivity index (χ2v) is 5.87. The maximum atomic E-state index is 12.4. The molecule has 26 heavy (non-hydrogen) atoms. The number of carbonyl (C=O) groups is 1. The first kappa shape index (κ1) is 17.5. The summed E-state index contributed by atoms with van der Waals surface area (Å²) in [5, 5.41) is 7.72. The molecule has 3 aromatic rings. The number of amides is 1. The van der Waals surface area contributed by atoms with E-state index in [1.807, 2.05) is 6.92 Å². The highest BCUT2D eigenvalue weighted by molar-refractivity contribution is 5.91. The number of aryl methyl sites for hydroxylation is 2. The Balaban J connectivity index is 1.98. The van der Waals surface area contributed by atoms with Crippen LogP contribution in [-0.2, 0) is 18.4 Å². The van der Waals surface area contributed by atoms with Crippen molar-refractivity contribution < 1.29 is 14.3 Å². The molecule has 0 fully saturated rings. The number of nitrogens with zero attached hydrogens (tertiary/aromatic N) is 3. The Morgan fingerprint density at radius 3 is 2.46 bits per heavy atom. The molecule has 3 rings (SSSR count). The number of carbonyl (C=O) groups excluding carboxylic acids is 1. The van der Waals surface area contributed by atoms with E-state index in [2.05, 4.69) is 10.4 Å². The summed E-state index contributed by atoms with van der Waals surface area (Å²) in [5.74, 6) is 1.29. The molecule has 8 nitrogen and oxygen atoms in total. The van der Waals surface area contributed by atoms with Crippen molar-refractivity contribution in [2.75, 3.05) is 19.5 Å². The van der Waals surface area contributed by atoms with Crippen molar-refractivity contribution in [2.45, 2.75) is 13.5 Å². The van der Waals surface area contributed by atoms with Gasteiger partial charge in [-0.05, 0) is 19.1 Å². The van der Waals surface area contributed by atoms with Crippen LogP contribution in [0.1, 0.15) is 5.69 Å². The quantitative estimate of drug-likeness (QED) is 0.752. The Morgan fingerprint density at radius 2 is 1.85 bits per heavy atom. The van der Waals surface area contributed by atoms with E-state index < -0.39 is 0 Å². The number of rotatable bonds is 5. The van der Waals surface area contributed by atoms with Gasteiger partial charge >= 0.3 is 0 Å². The van der Waals surface area contributed by atoms with Crippen molar-refractivity contribution in [1.82, 2.24) is 14.3 Å². The third-order valence-corrected chi connectivity index (χ3v) is 4.07. The van der Waals surface area contributed by atoms with Gasteiger partial charge in [0.15, 0.2) is 11.5 Å². The number of methoxy groups -OCH3 is 2. The molecule has 0 aliphatic heterocycles. The van der Waals surface area contributed by atoms with E-state index in [1.54, 1.807) is 43.1 Å². The molecule has 8 heteroatoms.